The average molecular weight is 155 g/mol. The molecule has 0 aromatic carbocycles. The second kappa shape index (κ2) is 5.62. The Balaban J connectivity index is 3.69. The maximum absolute atomic E-state index is 4.04. The van der Waals surface area contributed by atoms with Crippen molar-refractivity contribution in [2.24, 2.45) is 17.8 Å². The lowest BCUT2D eigenvalue weighted by atomic mass is 9.84. The molecule has 0 amide bonds. The Hall–Kier alpha value is 0. The van der Waals surface area contributed by atoms with E-state index in [0.717, 1.165) is 11.8 Å². The van der Waals surface area contributed by atoms with E-state index in [1.807, 2.05) is 0 Å². The van der Waals surface area contributed by atoms with Gasteiger partial charge >= 0.3 is 0 Å². The van der Waals surface area contributed by atoms with Crippen LogP contribution in [0.25, 0.3) is 0 Å². The smallest absolute Gasteiger partial charge is 0.0389 e. The zero-order chi connectivity index (χ0) is 8.85. The summed E-state index contributed by atoms with van der Waals surface area (Å²) in [5.41, 5.74) is 0. The first-order chi connectivity index (χ1) is 5.07. The third kappa shape index (κ3) is 5.29. The van der Waals surface area contributed by atoms with Crippen LogP contribution >= 0.6 is 0 Å². The van der Waals surface area contributed by atoms with Crippen LogP contribution < -0.4 is 0 Å². The van der Waals surface area contributed by atoms with Crippen molar-refractivity contribution in [3.05, 3.63) is 6.92 Å². The van der Waals surface area contributed by atoms with E-state index in [1.54, 1.807) is 0 Å². The minimum Gasteiger partial charge on any atom is -0.0654 e. The van der Waals surface area contributed by atoms with Crippen molar-refractivity contribution < 1.29 is 0 Å². The van der Waals surface area contributed by atoms with Crippen LogP contribution in [0.2, 0.25) is 0 Å². The molecular formula is C11H23. The quantitative estimate of drug-likeness (QED) is 0.564. The van der Waals surface area contributed by atoms with Crippen molar-refractivity contribution >= 4 is 0 Å². The van der Waals surface area contributed by atoms with Gasteiger partial charge in [-0.25, -0.2) is 0 Å². The van der Waals surface area contributed by atoms with E-state index in [-0.39, 0.29) is 0 Å². The molecule has 0 aromatic rings. The summed E-state index contributed by atoms with van der Waals surface area (Å²) in [6, 6.07) is 0. The lowest BCUT2D eigenvalue weighted by molar-refractivity contribution is 0.306. The molecule has 0 heterocycles. The van der Waals surface area contributed by atoms with E-state index in [0.29, 0.717) is 5.92 Å². The number of hydrogen-bond acceptors (Lipinski definition) is 0. The summed E-state index contributed by atoms with van der Waals surface area (Å²) in [6.07, 6.45) is 3.98. The maximum Gasteiger partial charge on any atom is -0.0389 e. The molecule has 0 N–H and O–H groups in total. The molecule has 0 saturated carbocycles. The van der Waals surface area contributed by atoms with Gasteiger partial charge in [-0.15, -0.1) is 0 Å². The van der Waals surface area contributed by atoms with Crippen LogP contribution in [0.4, 0.5) is 0 Å². The van der Waals surface area contributed by atoms with E-state index < -0.39 is 0 Å². The van der Waals surface area contributed by atoms with Crippen LogP contribution in [0.5, 0.6) is 0 Å². The van der Waals surface area contributed by atoms with Crippen molar-refractivity contribution in [2.45, 2.75) is 47.0 Å². The monoisotopic (exact) mass is 155 g/mol. The van der Waals surface area contributed by atoms with E-state index >= 15 is 0 Å². The Bertz CT molecular complexity index is 82.0. The fourth-order valence-electron chi connectivity index (χ4n) is 1.61. The van der Waals surface area contributed by atoms with Crippen molar-refractivity contribution in [2.75, 3.05) is 0 Å². The Morgan fingerprint density at radius 2 is 1.73 bits per heavy atom. The standard InChI is InChI=1S/C11H23/c1-6-7-11(10(4)5)8-9(2)3/h9-11H,2,6-8H2,1,3-5H3. The molecule has 0 nitrogen and oxygen atoms in total. The lowest BCUT2D eigenvalue weighted by Gasteiger charge is -2.21. The van der Waals surface area contributed by atoms with E-state index in [9.17, 15) is 0 Å². The van der Waals surface area contributed by atoms with E-state index in [1.165, 1.54) is 19.3 Å². The summed E-state index contributed by atoms with van der Waals surface area (Å²) in [5.74, 6) is 2.35. The second-order valence-electron chi connectivity index (χ2n) is 4.13. The van der Waals surface area contributed by atoms with Gasteiger partial charge in [0.25, 0.3) is 0 Å². The molecule has 0 bridgehead atoms. The van der Waals surface area contributed by atoms with E-state index in [2.05, 4.69) is 34.6 Å². The molecule has 67 valence electrons. The topological polar surface area (TPSA) is 0 Å². The Morgan fingerprint density at radius 1 is 1.18 bits per heavy atom. The van der Waals surface area contributed by atoms with Gasteiger partial charge in [-0.2, -0.15) is 0 Å². The molecule has 0 saturated heterocycles. The van der Waals surface area contributed by atoms with Gasteiger partial charge in [-0.1, -0.05) is 47.5 Å². The molecule has 0 rings (SSSR count). The molecule has 0 aliphatic carbocycles. The van der Waals surface area contributed by atoms with Gasteiger partial charge in [0.2, 0.25) is 0 Å². The van der Waals surface area contributed by atoms with Crippen LogP contribution in [0, 0.1) is 24.7 Å². The highest BCUT2D eigenvalue weighted by Gasteiger charge is 2.13. The minimum atomic E-state index is 0.619. The Morgan fingerprint density at radius 3 is 2.00 bits per heavy atom. The van der Waals surface area contributed by atoms with Gasteiger partial charge in [0.1, 0.15) is 0 Å². The predicted molar refractivity (Wildman–Crippen MR) is 52.4 cm³/mol. The first-order valence-corrected chi connectivity index (χ1v) is 4.91. The predicted octanol–water partition coefficient (Wildman–Crippen LogP) is 3.92. The van der Waals surface area contributed by atoms with Gasteiger partial charge in [0.05, 0.1) is 0 Å². The Kier molecular flexibility index (Phi) is 5.62. The third-order valence-corrected chi connectivity index (χ3v) is 2.31. The zero-order valence-corrected chi connectivity index (χ0v) is 8.56. The molecule has 1 radical (unpaired) electrons. The summed E-state index contributed by atoms with van der Waals surface area (Å²) in [4.78, 5) is 0. The molecule has 0 heteroatoms. The minimum absolute atomic E-state index is 0.619. The van der Waals surface area contributed by atoms with Crippen molar-refractivity contribution in [3.63, 3.8) is 0 Å². The van der Waals surface area contributed by atoms with Crippen molar-refractivity contribution in [1.82, 2.24) is 0 Å². The number of hydrogen-bond donors (Lipinski definition) is 0. The summed E-state index contributed by atoms with van der Waals surface area (Å²) in [6.45, 7) is 13.2. The molecule has 2 unspecified atom stereocenters. The Labute approximate surface area is 72.4 Å². The third-order valence-electron chi connectivity index (χ3n) is 2.31. The maximum atomic E-state index is 4.04. The highest BCUT2D eigenvalue weighted by atomic mass is 14.2. The van der Waals surface area contributed by atoms with Crippen LogP contribution in [-0.4, -0.2) is 0 Å². The molecule has 0 spiro atoms. The summed E-state index contributed by atoms with van der Waals surface area (Å²) in [7, 11) is 0. The molecule has 2 atom stereocenters. The number of rotatable bonds is 5. The SMILES string of the molecule is [CH2]C(C)CC(CCC)C(C)C. The van der Waals surface area contributed by atoms with Gasteiger partial charge in [-0.3, -0.25) is 0 Å². The first kappa shape index (κ1) is 11.0. The van der Waals surface area contributed by atoms with Crippen molar-refractivity contribution in [3.8, 4) is 0 Å². The average Bonchev–Trinajstić information content (AvgIpc) is 1.86. The highest BCUT2D eigenvalue weighted by molar-refractivity contribution is 4.67. The van der Waals surface area contributed by atoms with Crippen molar-refractivity contribution in [1.29, 1.82) is 0 Å². The van der Waals surface area contributed by atoms with Gasteiger partial charge in [0, 0.05) is 0 Å². The van der Waals surface area contributed by atoms with Gasteiger partial charge in [0.15, 0.2) is 0 Å². The van der Waals surface area contributed by atoms with Gasteiger partial charge < -0.3 is 0 Å². The largest absolute Gasteiger partial charge is 0.0654 e. The highest BCUT2D eigenvalue weighted by Crippen LogP contribution is 2.24. The molecule has 0 fully saturated rings. The normalized spacial score (nSPS) is 14.5. The van der Waals surface area contributed by atoms with E-state index in [4.69, 9.17) is 0 Å². The molecule has 0 aromatic heterocycles. The summed E-state index contributed by atoms with van der Waals surface area (Å²) >= 11 is 0. The molecular weight excluding hydrogens is 132 g/mol. The first-order valence-electron chi connectivity index (χ1n) is 4.91. The van der Waals surface area contributed by atoms with Gasteiger partial charge in [-0.05, 0) is 24.2 Å². The zero-order valence-electron chi connectivity index (χ0n) is 8.56. The van der Waals surface area contributed by atoms with Crippen LogP contribution in [0.3, 0.4) is 0 Å². The molecule has 0 aliphatic rings. The summed E-state index contributed by atoms with van der Waals surface area (Å²) in [5, 5.41) is 0. The lowest BCUT2D eigenvalue weighted by Crippen LogP contribution is -2.11. The summed E-state index contributed by atoms with van der Waals surface area (Å²) < 4.78 is 0. The fourth-order valence-corrected chi connectivity index (χ4v) is 1.61. The van der Waals surface area contributed by atoms with Crippen LogP contribution in [0.15, 0.2) is 0 Å². The molecule has 0 aliphatic heterocycles. The van der Waals surface area contributed by atoms with Crippen LogP contribution in [-0.2, 0) is 0 Å². The van der Waals surface area contributed by atoms with Crippen LogP contribution in [0.1, 0.15) is 47.0 Å². The second-order valence-corrected chi connectivity index (χ2v) is 4.13. The fraction of sp³-hybridized carbons (Fsp3) is 0.909. The molecule has 11 heavy (non-hydrogen) atoms.